The van der Waals surface area contributed by atoms with Crippen LogP contribution in [-0.2, 0) is 11.3 Å². The molecule has 36 heavy (non-hydrogen) atoms. The van der Waals surface area contributed by atoms with Gasteiger partial charge in [-0.1, -0.05) is 0 Å². The molecule has 2 aromatic rings. The van der Waals surface area contributed by atoms with Crippen molar-refractivity contribution in [3.05, 3.63) is 53.9 Å². The number of thioether (sulfide) groups is 1. The van der Waals surface area contributed by atoms with Crippen LogP contribution in [0.2, 0.25) is 0 Å². The lowest BCUT2D eigenvalue weighted by Gasteiger charge is -2.32. The predicted molar refractivity (Wildman–Crippen MR) is 128 cm³/mol. The summed E-state index contributed by atoms with van der Waals surface area (Å²) in [6.07, 6.45) is 1.50. The van der Waals surface area contributed by atoms with Gasteiger partial charge in [-0.05, 0) is 74.6 Å². The van der Waals surface area contributed by atoms with Crippen molar-refractivity contribution in [2.75, 3.05) is 38.1 Å². The number of hydrogen-bond donors (Lipinski definition) is 0. The molecule has 0 saturated carbocycles. The van der Waals surface area contributed by atoms with Crippen LogP contribution in [0.5, 0.6) is 0 Å². The number of urea groups is 1. The third-order valence-corrected chi connectivity index (χ3v) is 7.07. The Morgan fingerprint density at radius 1 is 1.06 bits per heavy atom. The van der Waals surface area contributed by atoms with E-state index in [9.17, 15) is 27.6 Å². The first kappa shape index (κ1) is 26.0. The number of carbonyl (C=O) groups is 3. The van der Waals surface area contributed by atoms with Crippen LogP contribution in [-0.4, -0.2) is 81.8 Å². The van der Waals surface area contributed by atoms with E-state index < -0.39 is 23.0 Å². The van der Waals surface area contributed by atoms with Gasteiger partial charge < -0.3 is 14.7 Å². The topological polar surface area (TPSA) is 77.1 Å². The van der Waals surface area contributed by atoms with Crippen LogP contribution >= 0.6 is 11.8 Å². The van der Waals surface area contributed by atoms with E-state index in [2.05, 4.69) is 9.88 Å². The van der Waals surface area contributed by atoms with Gasteiger partial charge >= 0.3 is 11.5 Å². The molecule has 0 spiro atoms. The summed E-state index contributed by atoms with van der Waals surface area (Å²) in [5.41, 5.74) is -4.55. The first-order valence-corrected chi connectivity index (χ1v) is 12.1. The van der Waals surface area contributed by atoms with E-state index in [1.807, 2.05) is 7.05 Å². The molecule has 2 aliphatic rings. The largest absolute Gasteiger partial charge is 0.446 e. The van der Waals surface area contributed by atoms with Gasteiger partial charge in [0.15, 0.2) is 0 Å². The van der Waals surface area contributed by atoms with Gasteiger partial charge in [-0.2, -0.15) is 13.2 Å². The first-order valence-electron chi connectivity index (χ1n) is 11.3. The molecule has 0 bridgehead atoms. The van der Waals surface area contributed by atoms with E-state index in [4.69, 9.17) is 0 Å². The monoisotopic (exact) mass is 521 g/mol. The number of imide groups is 1. The number of anilines is 1. The fraction of sp³-hybridized carbons (Fsp3) is 0.417. The molecule has 1 aromatic heterocycles. The van der Waals surface area contributed by atoms with Crippen molar-refractivity contribution in [1.82, 2.24) is 19.7 Å². The number of amides is 4. The molecule has 8 nitrogen and oxygen atoms in total. The zero-order valence-corrected chi connectivity index (χ0v) is 20.9. The minimum Gasteiger partial charge on any atom is -0.335 e. The van der Waals surface area contributed by atoms with E-state index in [1.165, 1.54) is 35.4 Å². The molecule has 3 heterocycles. The Kier molecular flexibility index (Phi) is 7.02. The SMILES string of the molecule is CN1CCN(C(=O)c2cc(CN3C(=O)N(c4ccc(SC(F)(F)F)cc4)C(=O)C3(C)C)ccn2)CC1. The van der Waals surface area contributed by atoms with E-state index in [1.54, 1.807) is 30.9 Å². The highest BCUT2D eigenvalue weighted by molar-refractivity contribution is 8.00. The number of likely N-dealkylation sites (N-methyl/N-ethyl adjacent to an activating group) is 1. The van der Waals surface area contributed by atoms with Gasteiger partial charge in [0.2, 0.25) is 0 Å². The molecule has 0 aliphatic carbocycles. The molecule has 2 fully saturated rings. The summed E-state index contributed by atoms with van der Waals surface area (Å²) in [6.45, 7) is 6.02. The normalized spacial score (nSPS) is 18.8. The van der Waals surface area contributed by atoms with Gasteiger partial charge in [0, 0.05) is 43.8 Å². The molecule has 4 amide bonds. The van der Waals surface area contributed by atoms with Gasteiger partial charge in [0.25, 0.3) is 11.8 Å². The Balaban J connectivity index is 1.52. The average Bonchev–Trinajstić information content (AvgIpc) is 2.98. The molecular weight excluding hydrogens is 495 g/mol. The molecule has 0 radical (unpaired) electrons. The van der Waals surface area contributed by atoms with Crippen molar-refractivity contribution < 1.29 is 27.6 Å². The van der Waals surface area contributed by atoms with E-state index >= 15 is 0 Å². The third-order valence-electron chi connectivity index (χ3n) is 6.33. The number of carbonyl (C=O) groups excluding carboxylic acids is 3. The molecule has 0 N–H and O–H groups in total. The fourth-order valence-corrected chi connectivity index (χ4v) is 4.71. The highest BCUT2D eigenvalue weighted by Crippen LogP contribution is 2.39. The highest BCUT2D eigenvalue weighted by atomic mass is 32.2. The van der Waals surface area contributed by atoms with Crippen LogP contribution in [0.3, 0.4) is 0 Å². The molecule has 0 unspecified atom stereocenters. The number of aromatic nitrogens is 1. The van der Waals surface area contributed by atoms with Crippen molar-refractivity contribution in [1.29, 1.82) is 0 Å². The van der Waals surface area contributed by atoms with Gasteiger partial charge in [0.1, 0.15) is 11.2 Å². The number of nitrogens with zero attached hydrogens (tertiary/aromatic N) is 5. The summed E-state index contributed by atoms with van der Waals surface area (Å²) in [6, 6.07) is 7.81. The van der Waals surface area contributed by atoms with Gasteiger partial charge in [-0.3, -0.25) is 14.6 Å². The Bertz CT molecular complexity index is 1160. The fourth-order valence-electron chi connectivity index (χ4n) is 4.17. The quantitative estimate of drug-likeness (QED) is 0.440. The maximum atomic E-state index is 13.3. The molecule has 2 aliphatic heterocycles. The number of alkyl halides is 3. The van der Waals surface area contributed by atoms with Crippen molar-refractivity contribution in [3.8, 4) is 0 Å². The lowest BCUT2D eigenvalue weighted by atomic mass is 10.0. The van der Waals surface area contributed by atoms with Crippen LogP contribution in [0.25, 0.3) is 0 Å². The lowest BCUT2D eigenvalue weighted by Crippen LogP contribution is -2.47. The second-order valence-electron chi connectivity index (χ2n) is 9.25. The molecule has 0 atom stereocenters. The summed E-state index contributed by atoms with van der Waals surface area (Å²) in [7, 11) is 2.00. The zero-order chi connectivity index (χ0) is 26.3. The number of rotatable bonds is 5. The summed E-state index contributed by atoms with van der Waals surface area (Å²) in [5, 5.41) is 0. The molecule has 1 aromatic carbocycles. The van der Waals surface area contributed by atoms with Crippen LogP contribution < -0.4 is 4.90 Å². The Labute approximate surface area is 211 Å². The number of piperazine rings is 1. The molecule has 2 saturated heterocycles. The summed E-state index contributed by atoms with van der Waals surface area (Å²) in [5.74, 6) is -0.682. The van der Waals surface area contributed by atoms with E-state index in [-0.39, 0.29) is 40.5 Å². The summed E-state index contributed by atoms with van der Waals surface area (Å²) in [4.78, 5) is 49.8. The van der Waals surface area contributed by atoms with Gasteiger partial charge in [-0.25, -0.2) is 9.69 Å². The van der Waals surface area contributed by atoms with E-state index in [0.29, 0.717) is 18.7 Å². The molecule has 4 rings (SSSR count). The average molecular weight is 522 g/mol. The van der Waals surface area contributed by atoms with Crippen LogP contribution in [0.4, 0.5) is 23.7 Å². The molecule has 12 heteroatoms. The van der Waals surface area contributed by atoms with Crippen molar-refractivity contribution in [2.24, 2.45) is 0 Å². The molecular formula is C24H26F3N5O3S. The van der Waals surface area contributed by atoms with Gasteiger partial charge in [-0.15, -0.1) is 0 Å². The van der Waals surface area contributed by atoms with Gasteiger partial charge in [0.05, 0.1) is 5.69 Å². The number of pyridine rings is 1. The maximum absolute atomic E-state index is 13.3. The second kappa shape index (κ2) is 9.74. The second-order valence-corrected chi connectivity index (χ2v) is 10.4. The standard InChI is InChI=1S/C24H26F3N5O3S/c1-23(2)21(34)32(17-4-6-18(7-5-17)36-24(25,26)27)22(35)31(23)15-16-8-9-28-19(14-16)20(33)30-12-10-29(3)11-13-30/h4-9,14H,10-13,15H2,1-3H3. The maximum Gasteiger partial charge on any atom is 0.446 e. The highest BCUT2D eigenvalue weighted by Gasteiger charge is 2.51. The Hall–Kier alpha value is -3.12. The molecule has 192 valence electrons. The lowest BCUT2D eigenvalue weighted by molar-refractivity contribution is -0.123. The first-order chi connectivity index (χ1) is 16.9. The minimum absolute atomic E-state index is 0.0456. The number of benzene rings is 1. The van der Waals surface area contributed by atoms with Crippen LogP contribution in [0, 0.1) is 0 Å². The minimum atomic E-state index is -4.44. The van der Waals surface area contributed by atoms with Crippen molar-refractivity contribution in [2.45, 2.75) is 36.3 Å². The number of hydrogen-bond acceptors (Lipinski definition) is 6. The van der Waals surface area contributed by atoms with Crippen LogP contribution in [0.1, 0.15) is 29.9 Å². The van der Waals surface area contributed by atoms with Crippen molar-refractivity contribution in [3.63, 3.8) is 0 Å². The summed E-state index contributed by atoms with van der Waals surface area (Å²) < 4.78 is 37.9. The number of halogens is 3. The predicted octanol–water partition coefficient (Wildman–Crippen LogP) is 3.83. The summed E-state index contributed by atoms with van der Waals surface area (Å²) >= 11 is -0.268. The van der Waals surface area contributed by atoms with E-state index in [0.717, 1.165) is 18.0 Å². The zero-order valence-electron chi connectivity index (χ0n) is 20.1. The Morgan fingerprint density at radius 2 is 1.69 bits per heavy atom. The Morgan fingerprint density at radius 3 is 2.31 bits per heavy atom. The third kappa shape index (κ3) is 5.34. The smallest absolute Gasteiger partial charge is 0.335 e. The van der Waals surface area contributed by atoms with Crippen LogP contribution in [0.15, 0.2) is 47.5 Å². The van der Waals surface area contributed by atoms with Crippen molar-refractivity contribution >= 4 is 35.3 Å².